The molecule has 2 amide bonds. The van der Waals surface area contributed by atoms with Gasteiger partial charge in [-0.1, -0.05) is 19.3 Å². The van der Waals surface area contributed by atoms with Crippen LogP contribution in [0.2, 0.25) is 0 Å². The van der Waals surface area contributed by atoms with E-state index in [0.717, 1.165) is 25.7 Å². The second-order valence-electron chi connectivity index (χ2n) is 5.98. The predicted octanol–water partition coefficient (Wildman–Crippen LogP) is -0.505. The zero-order chi connectivity index (χ0) is 17.2. The van der Waals surface area contributed by atoms with Crippen LogP contribution in [0.4, 0.5) is 0 Å². The van der Waals surface area contributed by atoms with Gasteiger partial charge in [-0.2, -0.15) is 0 Å². The SMILES string of the molecule is NC(CCC(=O)NCCC(O)C(=O)NC1CCCCC1)C(=O)O. The normalized spacial score (nSPS) is 18.0. The van der Waals surface area contributed by atoms with Crippen molar-refractivity contribution in [1.82, 2.24) is 10.6 Å². The lowest BCUT2D eigenvalue weighted by atomic mass is 9.95. The summed E-state index contributed by atoms with van der Waals surface area (Å²) >= 11 is 0. The molecule has 23 heavy (non-hydrogen) atoms. The molecule has 0 saturated heterocycles. The smallest absolute Gasteiger partial charge is 0.320 e. The van der Waals surface area contributed by atoms with Crippen LogP contribution in [0.3, 0.4) is 0 Å². The summed E-state index contributed by atoms with van der Waals surface area (Å²) in [5, 5.41) is 23.8. The summed E-state index contributed by atoms with van der Waals surface area (Å²) in [5.74, 6) is -1.90. The number of carbonyl (C=O) groups is 3. The van der Waals surface area contributed by atoms with Crippen molar-refractivity contribution in [2.75, 3.05) is 6.54 Å². The standard InChI is InChI=1S/C15H27N3O5/c16-11(15(22)23)6-7-13(20)17-9-8-12(19)14(21)18-10-4-2-1-3-5-10/h10-12,19H,1-9,16H2,(H,17,20)(H,18,21)(H,22,23). The van der Waals surface area contributed by atoms with Gasteiger partial charge in [0.15, 0.2) is 0 Å². The van der Waals surface area contributed by atoms with Crippen molar-refractivity contribution in [3.05, 3.63) is 0 Å². The molecule has 0 spiro atoms. The third-order valence-corrected chi connectivity index (χ3v) is 3.99. The Bertz CT molecular complexity index is 410. The highest BCUT2D eigenvalue weighted by molar-refractivity contribution is 5.81. The van der Waals surface area contributed by atoms with Gasteiger partial charge in [-0.05, 0) is 25.7 Å². The van der Waals surface area contributed by atoms with E-state index in [1.54, 1.807) is 0 Å². The number of hydrogen-bond acceptors (Lipinski definition) is 5. The van der Waals surface area contributed by atoms with Crippen molar-refractivity contribution in [3.8, 4) is 0 Å². The number of aliphatic hydroxyl groups excluding tert-OH is 1. The number of hydrogen-bond donors (Lipinski definition) is 5. The number of aliphatic hydroxyl groups is 1. The number of rotatable bonds is 9. The van der Waals surface area contributed by atoms with E-state index in [-0.39, 0.29) is 37.8 Å². The van der Waals surface area contributed by atoms with Gasteiger partial charge in [0.25, 0.3) is 0 Å². The van der Waals surface area contributed by atoms with E-state index < -0.39 is 24.0 Å². The van der Waals surface area contributed by atoms with E-state index in [1.165, 1.54) is 6.42 Å². The first-order valence-corrected chi connectivity index (χ1v) is 8.13. The molecule has 1 aliphatic rings. The molecule has 0 aromatic heterocycles. The van der Waals surface area contributed by atoms with Gasteiger partial charge < -0.3 is 26.6 Å². The number of nitrogens with two attached hydrogens (primary N) is 1. The van der Waals surface area contributed by atoms with Crippen molar-refractivity contribution in [1.29, 1.82) is 0 Å². The predicted molar refractivity (Wildman–Crippen MR) is 83.5 cm³/mol. The Kier molecular flexibility index (Phi) is 8.57. The van der Waals surface area contributed by atoms with Gasteiger partial charge in [-0.25, -0.2) is 0 Å². The topological polar surface area (TPSA) is 142 Å². The molecule has 0 aromatic carbocycles. The molecule has 1 saturated carbocycles. The summed E-state index contributed by atoms with van der Waals surface area (Å²) in [6.45, 7) is 0.153. The van der Waals surface area contributed by atoms with Crippen LogP contribution < -0.4 is 16.4 Å². The van der Waals surface area contributed by atoms with E-state index in [2.05, 4.69) is 10.6 Å². The summed E-state index contributed by atoms with van der Waals surface area (Å²) in [5.41, 5.74) is 5.30. The molecule has 0 radical (unpaired) electrons. The van der Waals surface area contributed by atoms with Gasteiger partial charge >= 0.3 is 5.97 Å². The number of aliphatic carboxylic acids is 1. The molecule has 2 atom stereocenters. The maximum atomic E-state index is 11.8. The molecule has 1 fully saturated rings. The number of amides is 2. The fraction of sp³-hybridized carbons (Fsp3) is 0.800. The number of carbonyl (C=O) groups excluding carboxylic acids is 2. The molecule has 6 N–H and O–H groups in total. The maximum Gasteiger partial charge on any atom is 0.320 e. The number of carboxylic acid groups (broad SMARTS) is 1. The van der Waals surface area contributed by atoms with Gasteiger partial charge in [0, 0.05) is 19.0 Å². The maximum absolute atomic E-state index is 11.8. The van der Waals surface area contributed by atoms with E-state index in [1.807, 2.05) is 0 Å². The van der Waals surface area contributed by atoms with Gasteiger partial charge in [0.05, 0.1) is 0 Å². The molecule has 0 heterocycles. The molecular weight excluding hydrogens is 302 g/mol. The Morgan fingerprint density at radius 2 is 1.78 bits per heavy atom. The Hall–Kier alpha value is -1.67. The zero-order valence-corrected chi connectivity index (χ0v) is 13.3. The quantitative estimate of drug-likeness (QED) is 0.386. The summed E-state index contributed by atoms with van der Waals surface area (Å²) in [6.07, 6.45) is 4.27. The first kappa shape index (κ1) is 19.4. The lowest BCUT2D eigenvalue weighted by Crippen LogP contribution is -2.43. The first-order chi connectivity index (χ1) is 10.9. The fourth-order valence-electron chi connectivity index (χ4n) is 2.52. The van der Waals surface area contributed by atoms with Crippen molar-refractivity contribution < 1.29 is 24.6 Å². The summed E-state index contributed by atoms with van der Waals surface area (Å²) < 4.78 is 0. The summed E-state index contributed by atoms with van der Waals surface area (Å²) in [6, 6.07) is -0.925. The molecule has 0 aromatic rings. The van der Waals surface area contributed by atoms with Crippen LogP contribution in [-0.2, 0) is 14.4 Å². The van der Waals surface area contributed by atoms with Crippen LogP contribution in [0.15, 0.2) is 0 Å². The molecule has 2 unspecified atom stereocenters. The minimum atomic E-state index is -1.15. The third kappa shape index (κ3) is 7.94. The Morgan fingerprint density at radius 1 is 1.13 bits per heavy atom. The highest BCUT2D eigenvalue weighted by Gasteiger charge is 2.21. The van der Waals surface area contributed by atoms with E-state index in [9.17, 15) is 19.5 Å². The lowest BCUT2D eigenvalue weighted by molar-refractivity contribution is -0.138. The van der Waals surface area contributed by atoms with Gasteiger partial charge in [-0.15, -0.1) is 0 Å². The molecule has 0 bridgehead atoms. The number of carboxylic acids is 1. The minimum absolute atomic E-state index is 0.00215. The van der Waals surface area contributed by atoms with Crippen molar-refractivity contribution >= 4 is 17.8 Å². The monoisotopic (exact) mass is 329 g/mol. The van der Waals surface area contributed by atoms with E-state index >= 15 is 0 Å². The summed E-state index contributed by atoms with van der Waals surface area (Å²) in [7, 11) is 0. The largest absolute Gasteiger partial charge is 0.480 e. The molecule has 132 valence electrons. The summed E-state index contributed by atoms with van der Waals surface area (Å²) in [4.78, 5) is 33.8. The first-order valence-electron chi connectivity index (χ1n) is 8.13. The van der Waals surface area contributed by atoms with Crippen LogP contribution in [0.5, 0.6) is 0 Å². The van der Waals surface area contributed by atoms with E-state index in [0.29, 0.717) is 0 Å². The van der Waals surface area contributed by atoms with Crippen LogP contribution in [0, 0.1) is 0 Å². The Morgan fingerprint density at radius 3 is 2.39 bits per heavy atom. The lowest BCUT2D eigenvalue weighted by Gasteiger charge is -2.24. The second kappa shape index (κ2) is 10.2. The van der Waals surface area contributed by atoms with Crippen molar-refractivity contribution in [3.63, 3.8) is 0 Å². The third-order valence-electron chi connectivity index (χ3n) is 3.99. The molecule has 1 aliphatic carbocycles. The average Bonchev–Trinajstić information content (AvgIpc) is 2.53. The fourth-order valence-corrected chi connectivity index (χ4v) is 2.52. The van der Waals surface area contributed by atoms with Crippen molar-refractivity contribution in [2.24, 2.45) is 5.73 Å². The highest BCUT2D eigenvalue weighted by atomic mass is 16.4. The molecule has 1 rings (SSSR count). The van der Waals surface area contributed by atoms with E-state index in [4.69, 9.17) is 10.8 Å². The van der Waals surface area contributed by atoms with Crippen LogP contribution >= 0.6 is 0 Å². The van der Waals surface area contributed by atoms with Crippen LogP contribution in [0.1, 0.15) is 51.4 Å². The van der Waals surface area contributed by atoms with Crippen LogP contribution in [-0.4, -0.2) is 52.7 Å². The number of nitrogens with one attached hydrogen (secondary N) is 2. The molecule has 0 aliphatic heterocycles. The second-order valence-corrected chi connectivity index (χ2v) is 5.98. The Balaban J connectivity index is 2.14. The molecule has 8 heteroatoms. The van der Waals surface area contributed by atoms with Crippen molar-refractivity contribution in [2.45, 2.75) is 69.6 Å². The van der Waals surface area contributed by atoms with Gasteiger partial charge in [0.2, 0.25) is 11.8 Å². The minimum Gasteiger partial charge on any atom is -0.480 e. The molecular formula is C15H27N3O5. The zero-order valence-electron chi connectivity index (χ0n) is 13.3. The van der Waals surface area contributed by atoms with Gasteiger partial charge in [0.1, 0.15) is 12.1 Å². The van der Waals surface area contributed by atoms with Gasteiger partial charge in [-0.3, -0.25) is 14.4 Å². The highest BCUT2D eigenvalue weighted by Crippen LogP contribution is 2.17. The average molecular weight is 329 g/mol. The molecule has 8 nitrogen and oxygen atoms in total. The Labute approximate surface area is 135 Å². The van der Waals surface area contributed by atoms with Crippen LogP contribution in [0.25, 0.3) is 0 Å².